The Morgan fingerprint density at radius 3 is 2.31 bits per heavy atom. The normalized spacial score (nSPS) is 14.6. The molecule has 0 aliphatic carbocycles. The molecule has 1 aromatic heterocycles. The number of anilines is 6. The van der Waals surface area contributed by atoms with Crippen molar-refractivity contribution in [3.05, 3.63) is 95.2 Å². The number of carbonyl (C=O) groups excluding carboxylic acids is 5. The molecule has 0 saturated carbocycles. The number of aryl methyl sites for hydroxylation is 1. The van der Waals surface area contributed by atoms with E-state index in [-0.39, 0.29) is 35.4 Å². The van der Waals surface area contributed by atoms with Crippen molar-refractivity contribution in [2.45, 2.75) is 71.4 Å². The molecule has 2 aliphatic rings. The molecule has 6 rings (SSSR count). The third-order valence-electron chi connectivity index (χ3n) is 10.8. The van der Waals surface area contributed by atoms with Gasteiger partial charge in [-0.05, 0) is 120 Å². The van der Waals surface area contributed by atoms with Crippen LogP contribution in [0.1, 0.15) is 78.3 Å². The third kappa shape index (κ3) is 12.4. The molecule has 1 saturated heterocycles. The van der Waals surface area contributed by atoms with Crippen LogP contribution < -0.4 is 37.2 Å². The highest BCUT2D eigenvalue weighted by molar-refractivity contribution is 6.23. The fraction of sp³-hybridized carbons (Fsp3) is 0.413. The first-order chi connectivity index (χ1) is 29.8. The van der Waals surface area contributed by atoms with Crippen LogP contribution in [0.5, 0.6) is 0 Å². The van der Waals surface area contributed by atoms with Crippen LogP contribution in [0.3, 0.4) is 0 Å². The van der Waals surface area contributed by atoms with Crippen LogP contribution in [0.2, 0.25) is 0 Å². The number of rotatable bonds is 21. The summed E-state index contributed by atoms with van der Waals surface area (Å²) < 4.78 is 0. The van der Waals surface area contributed by atoms with Gasteiger partial charge in [-0.25, -0.2) is 4.98 Å². The van der Waals surface area contributed by atoms with Gasteiger partial charge in [0, 0.05) is 85.7 Å². The number of unbranched alkanes of at least 4 members (excludes halogenated alkanes) is 1. The Bertz CT molecular complexity index is 2220. The lowest BCUT2D eigenvalue weighted by Gasteiger charge is -2.35. The van der Waals surface area contributed by atoms with Gasteiger partial charge in [0.2, 0.25) is 17.8 Å². The number of fused-ring (bicyclic) bond motifs is 1. The molecule has 3 heterocycles. The number of aldehydes is 1. The summed E-state index contributed by atoms with van der Waals surface area (Å²) in [6, 6.07) is 20.3. The van der Waals surface area contributed by atoms with Crippen molar-refractivity contribution in [2.75, 3.05) is 73.2 Å². The van der Waals surface area contributed by atoms with Gasteiger partial charge in [0.25, 0.3) is 11.8 Å². The minimum atomic E-state index is -1.18. The zero-order valence-corrected chi connectivity index (χ0v) is 36.1. The van der Waals surface area contributed by atoms with Crippen LogP contribution in [0.25, 0.3) is 0 Å². The number of nitrogens with one attached hydrogen (secondary N) is 5. The molecule has 62 heavy (non-hydrogen) atoms. The highest BCUT2D eigenvalue weighted by atomic mass is 16.2. The number of imide groups is 1. The molecule has 1 unspecified atom stereocenters. The summed E-state index contributed by atoms with van der Waals surface area (Å²) in [6.45, 7) is 14.0. The molecule has 16 nitrogen and oxygen atoms in total. The van der Waals surface area contributed by atoms with Crippen molar-refractivity contribution in [2.24, 2.45) is 5.73 Å². The van der Waals surface area contributed by atoms with Crippen molar-refractivity contribution in [3.63, 3.8) is 0 Å². The number of nitrogens with two attached hydrogens (primary N) is 1. The molecule has 328 valence electrons. The molecule has 4 aromatic rings. The van der Waals surface area contributed by atoms with Crippen molar-refractivity contribution in [3.8, 4) is 0 Å². The second-order valence-electron chi connectivity index (χ2n) is 16.8. The maximum atomic E-state index is 13.1. The Kier molecular flexibility index (Phi) is 15.2. The van der Waals surface area contributed by atoms with E-state index >= 15 is 0 Å². The smallest absolute Gasteiger partial charge is 0.262 e. The second kappa shape index (κ2) is 20.9. The summed E-state index contributed by atoms with van der Waals surface area (Å²) >= 11 is 0. The van der Waals surface area contributed by atoms with E-state index in [1.165, 1.54) is 5.56 Å². The highest BCUT2D eigenvalue weighted by Crippen LogP contribution is 2.29. The van der Waals surface area contributed by atoms with E-state index in [9.17, 15) is 24.0 Å². The van der Waals surface area contributed by atoms with Gasteiger partial charge in [-0.2, -0.15) is 4.98 Å². The first kappa shape index (κ1) is 45.1. The van der Waals surface area contributed by atoms with E-state index in [1.807, 2.05) is 31.3 Å². The van der Waals surface area contributed by atoms with E-state index in [4.69, 9.17) is 10.7 Å². The average molecular weight is 846 g/mol. The number of amides is 4. The van der Waals surface area contributed by atoms with E-state index in [1.54, 1.807) is 18.2 Å². The molecular weight excluding hydrogens is 787 g/mol. The van der Waals surface area contributed by atoms with Gasteiger partial charge in [0.1, 0.15) is 18.1 Å². The monoisotopic (exact) mass is 845 g/mol. The van der Waals surface area contributed by atoms with Gasteiger partial charge < -0.3 is 42.0 Å². The number of piperazine rings is 1. The molecule has 0 bridgehead atoms. The summed E-state index contributed by atoms with van der Waals surface area (Å²) in [5.74, 6) is -0.793. The van der Waals surface area contributed by atoms with Crippen LogP contribution in [-0.2, 0) is 20.8 Å². The average Bonchev–Trinajstić information content (AvgIpc) is 3.48. The zero-order chi connectivity index (χ0) is 44.2. The van der Waals surface area contributed by atoms with E-state index in [0.29, 0.717) is 37.6 Å². The number of carbonyl (C=O) groups is 5. The maximum Gasteiger partial charge on any atom is 0.262 e. The van der Waals surface area contributed by atoms with Crippen molar-refractivity contribution >= 4 is 64.4 Å². The minimum absolute atomic E-state index is 0.00168. The lowest BCUT2D eigenvalue weighted by atomic mass is 10.1. The van der Waals surface area contributed by atoms with Gasteiger partial charge in [-0.3, -0.25) is 29.0 Å². The van der Waals surface area contributed by atoms with Crippen LogP contribution in [0.15, 0.2) is 72.9 Å². The quantitative estimate of drug-likeness (QED) is 0.0381. The van der Waals surface area contributed by atoms with Gasteiger partial charge in [-0.15, -0.1) is 0 Å². The Morgan fingerprint density at radius 1 is 0.855 bits per heavy atom. The molecular formula is C46H59N11O5. The number of hydrogen-bond donors (Lipinski definition) is 6. The fourth-order valence-electron chi connectivity index (χ4n) is 7.45. The summed E-state index contributed by atoms with van der Waals surface area (Å²) in [7, 11) is 0. The first-order valence-electron chi connectivity index (χ1n) is 21.3. The summed E-state index contributed by atoms with van der Waals surface area (Å²) in [5.41, 5.74) is 11.7. The minimum Gasteiger partial charge on any atom is -0.385 e. The molecule has 3 aromatic carbocycles. The molecule has 2 aliphatic heterocycles. The highest BCUT2D eigenvalue weighted by Gasteiger charge is 2.42. The summed E-state index contributed by atoms with van der Waals surface area (Å²) in [5, 5.41) is 16.6. The summed E-state index contributed by atoms with van der Waals surface area (Å²) in [6.07, 6.45) is 4.87. The third-order valence-corrected chi connectivity index (χ3v) is 10.8. The molecule has 4 amide bonds. The van der Waals surface area contributed by atoms with Gasteiger partial charge in [0.15, 0.2) is 0 Å². The SMILES string of the molecule is Cc1cnc(Nc2ccc(N3CCN(CC(=O)NCCCCNc4ccc5c(c4)C(=O)N(C(CCC=O)C(N)=O)C5=O)CC3)cc2)nc1Nc1cccc(CCNC(C)(C)C)c1. The lowest BCUT2D eigenvalue weighted by Crippen LogP contribution is -2.49. The van der Waals surface area contributed by atoms with E-state index < -0.39 is 23.8 Å². The molecule has 1 fully saturated rings. The van der Waals surface area contributed by atoms with Crippen molar-refractivity contribution in [1.29, 1.82) is 0 Å². The van der Waals surface area contributed by atoms with Gasteiger partial charge in [-0.1, -0.05) is 12.1 Å². The molecule has 0 radical (unpaired) electrons. The Labute approximate surface area is 363 Å². The standard InChI is InChI=1S/C46H59N11O5/c1-31-29-50-45(54-42(31)52-35-10-7-9-32(27-35)18-21-51-46(2,3)4)53-33-12-15-36(16-13-33)56-24-22-55(23-25-56)30-40(59)49-20-6-5-19-48-34-14-17-37-38(28-34)44(62)57(43(37)61)39(41(47)60)11-8-26-58/h7,9-10,12-17,26-29,39,48,51H,5-6,8,11,18-25,30H2,1-4H3,(H2,47,60)(H,49,59)(H2,50,52,53,54). The number of primary amides is 1. The molecule has 7 N–H and O–H groups in total. The lowest BCUT2D eigenvalue weighted by molar-refractivity contribution is -0.123. The number of aromatic nitrogens is 2. The number of benzene rings is 3. The Hall–Kier alpha value is -6.39. The van der Waals surface area contributed by atoms with Gasteiger partial charge in [0.05, 0.1) is 17.7 Å². The fourth-order valence-corrected chi connectivity index (χ4v) is 7.45. The van der Waals surface area contributed by atoms with Crippen molar-refractivity contribution < 1.29 is 24.0 Å². The number of nitrogens with zero attached hydrogens (tertiary/aromatic N) is 5. The van der Waals surface area contributed by atoms with Crippen LogP contribution in [0.4, 0.5) is 34.5 Å². The van der Waals surface area contributed by atoms with Crippen LogP contribution in [0, 0.1) is 6.92 Å². The summed E-state index contributed by atoms with van der Waals surface area (Å²) in [4.78, 5) is 76.1. The van der Waals surface area contributed by atoms with Crippen LogP contribution >= 0.6 is 0 Å². The molecule has 0 spiro atoms. The topological polar surface area (TPSA) is 207 Å². The van der Waals surface area contributed by atoms with Crippen LogP contribution in [-0.4, -0.2) is 114 Å². The zero-order valence-electron chi connectivity index (χ0n) is 36.1. The maximum absolute atomic E-state index is 13.1. The van der Waals surface area contributed by atoms with Gasteiger partial charge >= 0.3 is 0 Å². The number of hydrogen-bond acceptors (Lipinski definition) is 13. The Balaban J connectivity index is 0.876. The largest absolute Gasteiger partial charge is 0.385 e. The molecule has 16 heteroatoms. The van der Waals surface area contributed by atoms with E-state index in [2.05, 4.69) is 92.5 Å². The second-order valence-corrected chi connectivity index (χ2v) is 16.8. The Morgan fingerprint density at radius 2 is 1.58 bits per heavy atom. The predicted octanol–water partition coefficient (Wildman–Crippen LogP) is 4.76. The van der Waals surface area contributed by atoms with E-state index in [0.717, 1.165) is 85.3 Å². The molecule has 1 atom stereocenters. The van der Waals surface area contributed by atoms with Crippen molar-refractivity contribution in [1.82, 2.24) is 30.4 Å². The first-order valence-corrected chi connectivity index (χ1v) is 21.3. The predicted molar refractivity (Wildman–Crippen MR) is 242 cm³/mol.